The molecule has 110 valence electrons. The maximum absolute atomic E-state index is 12.1. The molecule has 2 heterocycles. The Labute approximate surface area is 113 Å². The van der Waals surface area contributed by atoms with E-state index in [9.17, 15) is 18.4 Å². The fraction of sp³-hybridized carbons (Fsp3) is 0.545. The Bertz CT molecular complexity index is 526. The Balaban J connectivity index is 1.99. The number of nitrogens with one attached hydrogen (secondary N) is 1. The molecule has 1 aromatic rings. The zero-order chi connectivity index (χ0) is 14.9. The lowest BCUT2D eigenvalue weighted by Crippen LogP contribution is -2.55. The third-order valence-corrected chi connectivity index (χ3v) is 3.05. The van der Waals surface area contributed by atoms with E-state index in [1.54, 1.807) is 0 Å². The lowest BCUT2D eigenvalue weighted by Gasteiger charge is -2.37. The maximum atomic E-state index is 12.1. The summed E-state index contributed by atoms with van der Waals surface area (Å²) in [5.74, 6) is -0.960. The van der Waals surface area contributed by atoms with Crippen molar-refractivity contribution >= 4 is 11.8 Å². The molecule has 0 aromatic carbocycles. The van der Waals surface area contributed by atoms with Crippen molar-refractivity contribution in [1.82, 2.24) is 20.0 Å². The first-order valence-corrected chi connectivity index (χ1v) is 5.92. The van der Waals surface area contributed by atoms with Gasteiger partial charge in [-0.15, -0.1) is 0 Å². The van der Waals surface area contributed by atoms with E-state index in [1.165, 1.54) is 19.0 Å². The molecule has 0 atom stereocenters. The second-order valence-electron chi connectivity index (χ2n) is 4.39. The van der Waals surface area contributed by atoms with E-state index in [0.717, 1.165) is 10.7 Å². The summed E-state index contributed by atoms with van der Waals surface area (Å²) in [5, 5.41) is 6.32. The summed E-state index contributed by atoms with van der Waals surface area (Å²) in [6, 6.07) is 1.15. The van der Waals surface area contributed by atoms with Crippen LogP contribution in [-0.4, -0.2) is 53.2 Å². The van der Waals surface area contributed by atoms with E-state index in [1.807, 2.05) is 0 Å². The highest BCUT2D eigenvalue weighted by Gasteiger charge is 2.36. The molecule has 0 unspecified atom stereocenters. The molecular formula is C11H14F2N4O3. The predicted octanol–water partition coefficient (Wildman–Crippen LogP) is -0.161. The second kappa shape index (κ2) is 5.43. The van der Waals surface area contributed by atoms with Crippen LogP contribution < -0.4 is 10.1 Å². The van der Waals surface area contributed by atoms with Crippen LogP contribution in [-0.2, 0) is 11.8 Å². The SMILES string of the molecule is CNC(=O)C1CN(C(=O)c2cc(OC(F)F)n(C)n2)C1. The lowest BCUT2D eigenvalue weighted by molar-refractivity contribution is -0.128. The van der Waals surface area contributed by atoms with Crippen molar-refractivity contribution in [2.75, 3.05) is 20.1 Å². The molecule has 2 amide bonds. The molecule has 1 aliphatic heterocycles. The van der Waals surface area contributed by atoms with Gasteiger partial charge >= 0.3 is 6.61 Å². The van der Waals surface area contributed by atoms with Gasteiger partial charge in [0.05, 0.1) is 5.92 Å². The zero-order valence-electron chi connectivity index (χ0n) is 11.0. The Morgan fingerprint density at radius 3 is 2.70 bits per heavy atom. The fourth-order valence-electron chi connectivity index (χ4n) is 1.93. The minimum Gasteiger partial charge on any atom is -0.417 e. The standard InChI is InChI=1S/C11H14F2N4O3/c1-14-9(18)6-4-17(5-6)10(19)7-3-8(16(2)15-7)20-11(12)13/h3,6,11H,4-5H2,1-2H3,(H,14,18). The molecule has 9 heteroatoms. The Morgan fingerprint density at radius 1 is 1.50 bits per heavy atom. The quantitative estimate of drug-likeness (QED) is 0.835. The summed E-state index contributed by atoms with van der Waals surface area (Å²) in [5.41, 5.74) is 0.0125. The summed E-state index contributed by atoms with van der Waals surface area (Å²) in [4.78, 5) is 24.7. The van der Waals surface area contributed by atoms with Crippen LogP contribution in [0, 0.1) is 5.92 Å². The number of hydrogen-bond donors (Lipinski definition) is 1. The topological polar surface area (TPSA) is 76.5 Å². The van der Waals surface area contributed by atoms with Crippen LogP contribution in [0.4, 0.5) is 8.78 Å². The lowest BCUT2D eigenvalue weighted by atomic mass is 9.99. The summed E-state index contributed by atoms with van der Waals surface area (Å²) < 4.78 is 29.5. The molecule has 1 N–H and O–H groups in total. The van der Waals surface area contributed by atoms with Gasteiger partial charge in [-0.1, -0.05) is 0 Å². The molecule has 20 heavy (non-hydrogen) atoms. The molecule has 1 fully saturated rings. The van der Waals surface area contributed by atoms with Crippen molar-refractivity contribution in [3.63, 3.8) is 0 Å². The Kier molecular flexibility index (Phi) is 3.86. The van der Waals surface area contributed by atoms with Gasteiger partial charge in [0.1, 0.15) is 0 Å². The van der Waals surface area contributed by atoms with Crippen molar-refractivity contribution in [1.29, 1.82) is 0 Å². The number of carbonyl (C=O) groups excluding carboxylic acids is 2. The van der Waals surface area contributed by atoms with E-state index < -0.39 is 12.5 Å². The average molecular weight is 288 g/mol. The minimum atomic E-state index is -2.98. The number of halogens is 2. The van der Waals surface area contributed by atoms with Gasteiger partial charge in [-0.25, -0.2) is 4.68 Å². The largest absolute Gasteiger partial charge is 0.417 e. The van der Waals surface area contributed by atoms with Crippen molar-refractivity contribution < 1.29 is 23.1 Å². The molecule has 0 aliphatic carbocycles. The van der Waals surface area contributed by atoms with Crippen LogP contribution in [0.15, 0.2) is 6.07 Å². The van der Waals surface area contributed by atoms with Crippen LogP contribution in [0.2, 0.25) is 0 Å². The third-order valence-electron chi connectivity index (χ3n) is 3.05. The van der Waals surface area contributed by atoms with Gasteiger partial charge in [-0.2, -0.15) is 13.9 Å². The smallest absolute Gasteiger partial charge is 0.388 e. The second-order valence-corrected chi connectivity index (χ2v) is 4.39. The molecule has 0 saturated carbocycles. The summed E-state index contributed by atoms with van der Waals surface area (Å²) in [6.07, 6.45) is 0. The van der Waals surface area contributed by atoms with Gasteiger partial charge in [0.2, 0.25) is 11.8 Å². The molecule has 0 radical (unpaired) electrons. The highest BCUT2D eigenvalue weighted by atomic mass is 19.3. The third kappa shape index (κ3) is 2.70. The van der Waals surface area contributed by atoms with E-state index in [-0.39, 0.29) is 23.4 Å². The van der Waals surface area contributed by atoms with Crippen LogP contribution in [0.1, 0.15) is 10.5 Å². The first kappa shape index (κ1) is 14.2. The fourth-order valence-corrected chi connectivity index (χ4v) is 1.93. The number of aryl methyl sites for hydroxylation is 1. The number of carbonyl (C=O) groups is 2. The summed E-state index contributed by atoms with van der Waals surface area (Å²) in [7, 11) is 2.93. The average Bonchev–Trinajstić information content (AvgIpc) is 2.67. The highest BCUT2D eigenvalue weighted by Crippen LogP contribution is 2.21. The van der Waals surface area contributed by atoms with Gasteiger partial charge in [-0.3, -0.25) is 9.59 Å². The Hall–Kier alpha value is -2.19. The number of amides is 2. The molecule has 7 nitrogen and oxygen atoms in total. The molecule has 2 rings (SSSR count). The first-order valence-electron chi connectivity index (χ1n) is 5.92. The number of nitrogens with zero attached hydrogens (tertiary/aromatic N) is 3. The number of aromatic nitrogens is 2. The van der Waals surface area contributed by atoms with Crippen LogP contribution >= 0.6 is 0 Å². The maximum Gasteiger partial charge on any atom is 0.388 e. The van der Waals surface area contributed by atoms with Gasteiger partial charge in [0.15, 0.2) is 5.69 Å². The van der Waals surface area contributed by atoms with Crippen LogP contribution in [0.5, 0.6) is 5.88 Å². The van der Waals surface area contributed by atoms with Crippen molar-refractivity contribution in [3.05, 3.63) is 11.8 Å². The van der Waals surface area contributed by atoms with Crippen molar-refractivity contribution in [2.24, 2.45) is 13.0 Å². The summed E-state index contributed by atoms with van der Waals surface area (Å²) in [6.45, 7) is -2.39. The van der Waals surface area contributed by atoms with Gasteiger partial charge in [0.25, 0.3) is 5.91 Å². The molecule has 0 spiro atoms. The predicted molar refractivity (Wildman–Crippen MR) is 63.3 cm³/mol. The molecule has 1 aromatic heterocycles. The van der Waals surface area contributed by atoms with Crippen molar-refractivity contribution in [3.8, 4) is 5.88 Å². The van der Waals surface area contributed by atoms with E-state index >= 15 is 0 Å². The van der Waals surface area contributed by atoms with E-state index in [4.69, 9.17) is 0 Å². The molecular weight excluding hydrogens is 274 g/mol. The molecule has 1 saturated heterocycles. The van der Waals surface area contributed by atoms with Gasteiger partial charge in [0, 0.05) is 33.3 Å². The van der Waals surface area contributed by atoms with Gasteiger partial charge in [-0.05, 0) is 0 Å². The highest BCUT2D eigenvalue weighted by molar-refractivity contribution is 5.94. The monoisotopic (exact) mass is 288 g/mol. The number of likely N-dealkylation sites (tertiary alicyclic amines) is 1. The molecule has 0 bridgehead atoms. The first-order chi connectivity index (χ1) is 9.42. The number of alkyl halides is 2. The van der Waals surface area contributed by atoms with E-state index in [0.29, 0.717) is 13.1 Å². The molecule has 1 aliphatic rings. The minimum absolute atomic E-state index is 0.0125. The Morgan fingerprint density at radius 2 is 2.15 bits per heavy atom. The van der Waals surface area contributed by atoms with Crippen LogP contribution in [0.25, 0.3) is 0 Å². The van der Waals surface area contributed by atoms with E-state index in [2.05, 4.69) is 15.2 Å². The number of ether oxygens (including phenoxy) is 1. The number of hydrogen-bond acceptors (Lipinski definition) is 4. The van der Waals surface area contributed by atoms with Gasteiger partial charge < -0.3 is 15.0 Å². The normalized spacial score (nSPS) is 15.2. The summed E-state index contributed by atoms with van der Waals surface area (Å²) >= 11 is 0. The van der Waals surface area contributed by atoms with Crippen LogP contribution in [0.3, 0.4) is 0 Å². The zero-order valence-corrected chi connectivity index (χ0v) is 11.0. The number of rotatable bonds is 4. The van der Waals surface area contributed by atoms with Crippen molar-refractivity contribution in [2.45, 2.75) is 6.61 Å².